The predicted molar refractivity (Wildman–Crippen MR) is 146 cm³/mol. The summed E-state index contributed by atoms with van der Waals surface area (Å²) in [7, 11) is 3.58. The molecular formula is C28H24ClN7O2. The first-order valence-corrected chi connectivity index (χ1v) is 12.5. The van der Waals surface area contributed by atoms with Crippen LogP contribution in [0, 0.1) is 11.8 Å². The maximum absolute atomic E-state index is 13.7. The second-order valence-corrected chi connectivity index (χ2v) is 9.61. The topological polar surface area (TPSA) is 104 Å². The minimum Gasteiger partial charge on any atom is -0.491 e. The number of halogens is 1. The zero-order valence-electron chi connectivity index (χ0n) is 21.1. The Morgan fingerprint density at radius 3 is 2.79 bits per heavy atom. The van der Waals surface area contributed by atoms with Crippen LogP contribution in [0.5, 0.6) is 5.75 Å². The molecule has 0 saturated heterocycles. The molecule has 1 amide bonds. The molecule has 1 aliphatic rings. The fourth-order valence-electron chi connectivity index (χ4n) is 4.81. The number of nitrogen functional groups attached to an aromatic ring is 1. The number of carbonyl (C=O) groups is 1. The molecule has 0 bridgehead atoms. The van der Waals surface area contributed by atoms with Gasteiger partial charge in [0.15, 0.2) is 0 Å². The third kappa shape index (κ3) is 3.90. The summed E-state index contributed by atoms with van der Waals surface area (Å²) in [5.74, 6) is 7.16. The zero-order chi connectivity index (χ0) is 26.6. The molecule has 1 atom stereocenters. The van der Waals surface area contributed by atoms with E-state index in [4.69, 9.17) is 22.1 Å². The molecule has 1 aliphatic heterocycles. The molecular weight excluding hydrogens is 502 g/mol. The molecule has 0 radical (unpaired) electrons. The number of aromatic nitrogens is 5. The van der Waals surface area contributed by atoms with Crippen LogP contribution < -0.4 is 10.5 Å². The van der Waals surface area contributed by atoms with Crippen molar-refractivity contribution in [2.45, 2.75) is 19.5 Å². The van der Waals surface area contributed by atoms with Crippen LogP contribution in [0.2, 0.25) is 5.02 Å². The van der Waals surface area contributed by atoms with Crippen molar-refractivity contribution < 1.29 is 9.53 Å². The minimum absolute atomic E-state index is 0.220. The first-order valence-electron chi connectivity index (χ1n) is 12.1. The highest BCUT2D eigenvalue weighted by molar-refractivity contribution is 6.35. The number of benzene rings is 2. The molecule has 38 heavy (non-hydrogen) atoms. The van der Waals surface area contributed by atoms with E-state index in [-0.39, 0.29) is 11.9 Å². The molecule has 2 aromatic carbocycles. The Morgan fingerprint density at radius 2 is 2.00 bits per heavy atom. The number of aryl methyl sites for hydroxylation is 2. The van der Waals surface area contributed by atoms with Gasteiger partial charge in [-0.3, -0.25) is 14.2 Å². The Hall–Kier alpha value is -4.55. The molecule has 0 fully saturated rings. The average molecular weight is 526 g/mol. The number of pyridine rings is 1. The van der Waals surface area contributed by atoms with Crippen molar-refractivity contribution >= 4 is 45.1 Å². The Kier molecular flexibility index (Phi) is 5.69. The van der Waals surface area contributed by atoms with Crippen LogP contribution in [0.1, 0.15) is 40.0 Å². The largest absolute Gasteiger partial charge is 0.491 e. The highest BCUT2D eigenvalue weighted by Crippen LogP contribution is 2.38. The van der Waals surface area contributed by atoms with Crippen LogP contribution in [0.15, 0.2) is 48.9 Å². The van der Waals surface area contributed by atoms with Gasteiger partial charge in [-0.15, -0.1) is 0 Å². The van der Waals surface area contributed by atoms with Gasteiger partial charge in [0.2, 0.25) is 0 Å². The van der Waals surface area contributed by atoms with E-state index in [1.165, 1.54) is 0 Å². The lowest BCUT2D eigenvalue weighted by Crippen LogP contribution is -2.32. The first kappa shape index (κ1) is 23.8. The van der Waals surface area contributed by atoms with Crippen LogP contribution in [-0.4, -0.2) is 49.0 Å². The molecule has 0 saturated carbocycles. The number of fused-ring (bicyclic) bond motifs is 4. The summed E-state index contributed by atoms with van der Waals surface area (Å²) in [4.78, 5) is 19.8. The molecule has 2 N–H and O–H groups in total. The van der Waals surface area contributed by atoms with Gasteiger partial charge >= 0.3 is 0 Å². The van der Waals surface area contributed by atoms with Crippen LogP contribution in [-0.2, 0) is 13.6 Å². The van der Waals surface area contributed by atoms with Crippen molar-refractivity contribution in [1.82, 2.24) is 29.4 Å². The summed E-state index contributed by atoms with van der Waals surface area (Å²) in [6.07, 6.45) is 5.33. The Balaban J connectivity index is 1.30. The summed E-state index contributed by atoms with van der Waals surface area (Å²) in [6.45, 7) is 3.17. The number of rotatable bonds is 3. The van der Waals surface area contributed by atoms with E-state index in [0.717, 1.165) is 39.5 Å². The second-order valence-electron chi connectivity index (χ2n) is 9.21. The van der Waals surface area contributed by atoms with Crippen LogP contribution in [0.3, 0.4) is 0 Å². The average Bonchev–Trinajstić information content (AvgIpc) is 3.65. The standard InChI is InChI=1S/C28H24ClN7O2/c1-4-36-14-17(12-32-36)6-5-16-7-8-18-24(15-38-25(18)9-16)34(2)28(37)19-10-20-23(11-22(19)29)33-27(30)21-13-31-35(3)26(20)21/h7-14,24H,4,15H2,1-3H3,(H2,30,33). The SMILES string of the molecule is CCn1cc(C#Cc2ccc3c(c2)OCC3N(C)C(=O)c2cc3c(cc2Cl)nc(N)c2cnn(C)c23)cn1. The smallest absolute Gasteiger partial charge is 0.255 e. The van der Waals surface area contributed by atoms with Gasteiger partial charge in [0.05, 0.1) is 51.0 Å². The number of hydrogen-bond donors (Lipinski definition) is 1. The Bertz CT molecular complexity index is 1810. The van der Waals surface area contributed by atoms with E-state index in [1.54, 1.807) is 41.2 Å². The minimum atomic E-state index is -0.268. The Labute approximate surface area is 223 Å². The van der Waals surface area contributed by atoms with Crippen LogP contribution >= 0.6 is 11.6 Å². The highest BCUT2D eigenvalue weighted by Gasteiger charge is 2.32. The van der Waals surface area contributed by atoms with Gasteiger partial charge in [0.1, 0.15) is 18.2 Å². The van der Waals surface area contributed by atoms with E-state index in [2.05, 4.69) is 27.0 Å². The highest BCUT2D eigenvalue weighted by atomic mass is 35.5. The number of carbonyl (C=O) groups excluding carboxylic acids is 1. The molecule has 10 heteroatoms. The van der Waals surface area contributed by atoms with Crippen molar-refractivity contribution in [1.29, 1.82) is 0 Å². The molecule has 6 rings (SSSR count). The molecule has 4 heterocycles. The van der Waals surface area contributed by atoms with E-state index in [1.807, 2.05) is 43.0 Å². The lowest BCUT2D eigenvalue weighted by atomic mass is 10.0. The lowest BCUT2D eigenvalue weighted by Gasteiger charge is -2.24. The summed E-state index contributed by atoms with van der Waals surface area (Å²) < 4.78 is 9.52. The summed E-state index contributed by atoms with van der Waals surface area (Å²) in [5, 5.41) is 10.3. The van der Waals surface area contributed by atoms with Crippen molar-refractivity contribution in [3.63, 3.8) is 0 Å². The van der Waals surface area contributed by atoms with Gasteiger partial charge < -0.3 is 15.4 Å². The van der Waals surface area contributed by atoms with Gasteiger partial charge in [0.25, 0.3) is 5.91 Å². The number of anilines is 1. The van der Waals surface area contributed by atoms with Gasteiger partial charge in [0, 0.05) is 43.4 Å². The van der Waals surface area contributed by atoms with Crippen LogP contribution in [0.4, 0.5) is 5.82 Å². The molecule has 5 aromatic rings. The van der Waals surface area contributed by atoms with Gasteiger partial charge in [-0.05, 0) is 31.2 Å². The van der Waals surface area contributed by atoms with E-state index in [0.29, 0.717) is 34.3 Å². The number of nitrogens with zero attached hydrogens (tertiary/aromatic N) is 6. The number of ether oxygens (including phenoxy) is 1. The number of nitrogens with two attached hydrogens (primary N) is 1. The van der Waals surface area contributed by atoms with Crippen molar-refractivity contribution in [3.8, 4) is 17.6 Å². The fraction of sp³-hybridized carbons (Fsp3) is 0.214. The fourth-order valence-corrected chi connectivity index (χ4v) is 5.05. The van der Waals surface area contributed by atoms with Gasteiger partial charge in [-0.2, -0.15) is 10.2 Å². The molecule has 9 nitrogen and oxygen atoms in total. The maximum Gasteiger partial charge on any atom is 0.255 e. The van der Waals surface area contributed by atoms with Crippen molar-refractivity contribution in [2.75, 3.05) is 19.4 Å². The lowest BCUT2D eigenvalue weighted by molar-refractivity contribution is 0.0709. The summed E-state index contributed by atoms with van der Waals surface area (Å²) in [6, 6.07) is 8.98. The third-order valence-electron chi connectivity index (χ3n) is 6.89. The normalized spacial score (nSPS) is 14.3. The number of hydrogen-bond acceptors (Lipinski definition) is 6. The number of likely N-dealkylation sites (N-methyl/N-ethyl adjacent to an activating group) is 1. The van der Waals surface area contributed by atoms with Gasteiger partial charge in [-0.1, -0.05) is 29.5 Å². The van der Waals surface area contributed by atoms with Gasteiger partial charge in [-0.25, -0.2) is 4.98 Å². The molecule has 190 valence electrons. The molecule has 0 spiro atoms. The molecule has 1 unspecified atom stereocenters. The second kappa shape index (κ2) is 9.08. The predicted octanol–water partition coefficient (Wildman–Crippen LogP) is 4.18. The monoisotopic (exact) mass is 525 g/mol. The summed E-state index contributed by atoms with van der Waals surface area (Å²) >= 11 is 6.58. The maximum atomic E-state index is 13.7. The van der Waals surface area contributed by atoms with E-state index < -0.39 is 0 Å². The Morgan fingerprint density at radius 1 is 1.18 bits per heavy atom. The first-order chi connectivity index (χ1) is 18.3. The van der Waals surface area contributed by atoms with Crippen LogP contribution in [0.25, 0.3) is 21.8 Å². The quantitative estimate of drug-likeness (QED) is 0.354. The zero-order valence-corrected chi connectivity index (χ0v) is 21.8. The third-order valence-corrected chi connectivity index (χ3v) is 7.20. The summed E-state index contributed by atoms with van der Waals surface area (Å²) in [5.41, 5.74) is 10.5. The van der Waals surface area contributed by atoms with Crippen molar-refractivity contribution in [3.05, 3.63) is 76.2 Å². The van der Waals surface area contributed by atoms with E-state index in [9.17, 15) is 4.79 Å². The molecule has 3 aromatic heterocycles. The number of amides is 1. The molecule has 0 aliphatic carbocycles. The van der Waals surface area contributed by atoms with E-state index >= 15 is 0 Å². The van der Waals surface area contributed by atoms with Crippen molar-refractivity contribution in [2.24, 2.45) is 7.05 Å².